The summed E-state index contributed by atoms with van der Waals surface area (Å²) >= 11 is 21.5. The molecule has 432 valence electrons. The van der Waals surface area contributed by atoms with E-state index < -0.39 is 0 Å². The first-order valence-electron chi connectivity index (χ1n) is 25.9. The maximum absolute atomic E-state index is 11.5. The smallest absolute Gasteiger partial charge is 0.236 e. The second-order valence-electron chi connectivity index (χ2n) is 19.6. The van der Waals surface area contributed by atoms with Crippen LogP contribution in [0.4, 0.5) is 23.4 Å². The third-order valence-corrected chi connectivity index (χ3v) is 15.3. The summed E-state index contributed by atoms with van der Waals surface area (Å²) in [5, 5.41) is 30.0. The van der Waals surface area contributed by atoms with Gasteiger partial charge in [0.05, 0.1) is 72.9 Å². The van der Waals surface area contributed by atoms with E-state index in [-0.39, 0.29) is 49.4 Å². The second kappa shape index (κ2) is 28.6. The van der Waals surface area contributed by atoms with Gasteiger partial charge in [0.2, 0.25) is 17.5 Å². The molecular formula is C56H66BrCl4N13O7. The van der Waals surface area contributed by atoms with Crippen molar-refractivity contribution in [2.24, 2.45) is 17.6 Å². The number of aromatic nitrogens is 8. The van der Waals surface area contributed by atoms with Crippen molar-refractivity contribution in [2.75, 3.05) is 86.4 Å². The van der Waals surface area contributed by atoms with E-state index >= 15 is 0 Å². The van der Waals surface area contributed by atoms with Crippen LogP contribution in [0.2, 0.25) is 15.1 Å². The number of hydrogen-bond acceptors (Lipinski definition) is 18. The molecule has 3 aliphatic heterocycles. The average molecular weight is 1250 g/mol. The quantitative estimate of drug-likeness (QED) is 0.0532. The molecule has 0 spiro atoms. The van der Waals surface area contributed by atoms with Crippen molar-refractivity contribution in [3.05, 3.63) is 123 Å². The van der Waals surface area contributed by atoms with Crippen molar-refractivity contribution in [1.29, 1.82) is 0 Å². The predicted molar refractivity (Wildman–Crippen MR) is 324 cm³/mol. The SMILES string of the molecule is CC1CCN(c2ccnc(N)n2)C1.COc1cc(CO)c(-c2cn3ccc(N4CCC(C)C4)nc3n2)cc1Cl.COc1cc(CO)c(-c2cn3ccc(N4CCC(N)C4)nc3n2)cc1Cl.COc1cc(CO)c(C(=O)CBr)cc1Cl.Cl. The zero-order valence-corrected chi connectivity index (χ0v) is 50.1. The lowest BCUT2D eigenvalue weighted by molar-refractivity contribution is 0.102. The van der Waals surface area contributed by atoms with Gasteiger partial charge in [-0.25, -0.2) is 15.0 Å². The summed E-state index contributed by atoms with van der Waals surface area (Å²) in [6.07, 6.45) is 12.8. The molecule has 11 rings (SSSR count). The Balaban J connectivity index is 0.000000162. The number of carbonyl (C=O) groups is 1. The number of carbonyl (C=O) groups excluding carboxylic acids is 1. The molecule has 7 N–H and O–H groups in total. The highest BCUT2D eigenvalue weighted by molar-refractivity contribution is 9.09. The third kappa shape index (κ3) is 15.1. The molecular weight excluding hydrogens is 1190 g/mol. The Morgan fingerprint density at radius 3 is 1.46 bits per heavy atom. The Hall–Kier alpha value is -6.27. The van der Waals surface area contributed by atoms with Gasteiger partial charge in [-0.15, -0.1) is 12.4 Å². The van der Waals surface area contributed by atoms with Crippen molar-refractivity contribution in [1.82, 2.24) is 38.7 Å². The van der Waals surface area contributed by atoms with Gasteiger partial charge in [0, 0.05) is 93.0 Å². The van der Waals surface area contributed by atoms with Crippen molar-refractivity contribution in [3.63, 3.8) is 0 Å². The summed E-state index contributed by atoms with van der Waals surface area (Å²) in [6.45, 7) is 9.96. The number of aliphatic hydroxyl groups excluding tert-OH is 3. The maximum Gasteiger partial charge on any atom is 0.236 e. The van der Waals surface area contributed by atoms with Gasteiger partial charge in [-0.05, 0) is 102 Å². The standard InChI is InChI=1S/C19H21ClN4O2.C18H20ClN5O2.C10H10BrClO3.C9H14N4.ClH/c1-12-3-5-23(9-12)18-4-6-24-10-16(21-19(24)22-18)14-8-15(20)17(26-2)7-13(14)11-25;1-26-16-6-11(10-25)13(7-14(16)19)15-9-24-5-3-17(22-18(24)21-15)23-4-2-12(20)8-23;1-15-10-2-6(5-13)7(3-8(10)12)9(14)4-11;1-7-3-5-13(6-7)8-2-4-11-9(10)12-8;/h4,6-8,10,12,25H,3,5,9,11H2,1-2H3;3,5-7,9,12,25H,2,4,8,10,20H2,1H3;2-3,13H,4-5H2,1H3;2,4,7H,3,5-6H2,1H3,(H2,10,11,12);1H. The number of hydrogen-bond donors (Lipinski definition) is 5. The Morgan fingerprint density at radius 2 is 1.06 bits per heavy atom. The van der Waals surface area contributed by atoms with E-state index in [9.17, 15) is 15.0 Å². The molecule has 8 aromatic rings. The van der Waals surface area contributed by atoms with Gasteiger partial charge in [0.1, 0.15) is 34.7 Å². The van der Waals surface area contributed by atoms with Crippen LogP contribution in [0.25, 0.3) is 34.1 Å². The third-order valence-electron chi connectivity index (χ3n) is 13.9. The molecule has 0 bridgehead atoms. The first-order chi connectivity index (χ1) is 38.6. The Bertz CT molecular complexity index is 3290. The van der Waals surface area contributed by atoms with Crippen molar-refractivity contribution in [3.8, 4) is 39.8 Å². The van der Waals surface area contributed by atoms with Gasteiger partial charge in [-0.3, -0.25) is 13.6 Å². The number of anilines is 4. The number of ether oxygens (including phenoxy) is 3. The molecule has 3 unspecified atom stereocenters. The number of imidazole rings is 2. The first kappa shape index (κ1) is 62.3. The first-order valence-corrected chi connectivity index (χ1v) is 28.1. The number of nitrogens with zero attached hydrogens (tertiary/aromatic N) is 11. The van der Waals surface area contributed by atoms with Crippen LogP contribution in [0.1, 0.15) is 60.2 Å². The van der Waals surface area contributed by atoms with Crippen LogP contribution >= 0.6 is 63.1 Å². The Labute approximate surface area is 499 Å². The van der Waals surface area contributed by atoms with E-state index in [1.165, 1.54) is 26.0 Å². The highest BCUT2D eigenvalue weighted by Crippen LogP contribution is 2.36. The number of nitrogen functional groups attached to an aromatic ring is 1. The number of Topliss-reactive ketones (excluding diaryl/α,β-unsaturated/α-hetero) is 1. The summed E-state index contributed by atoms with van der Waals surface area (Å²) in [7, 11) is 4.58. The van der Waals surface area contributed by atoms with Crippen LogP contribution in [0.15, 0.2) is 85.6 Å². The predicted octanol–water partition coefficient (Wildman–Crippen LogP) is 9.23. The molecule has 0 saturated carbocycles. The van der Waals surface area contributed by atoms with E-state index in [0.29, 0.717) is 83.7 Å². The summed E-state index contributed by atoms with van der Waals surface area (Å²) in [5.74, 6) is 7.20. The van der Waals surface area contributed by atoms with Crippen LogP contribution in [0, 0.1) is 11.8 Å². The summed E-state index contributed by atoms with van der Waals surface area (Å²) in [6, 6.07) is 16.2. The molecule has 0 amide bonds. The topological polar surface area (TPSA) is 253 Å². The minimum absolute atomic E-state index is 0. The molecule has 20 nitrogen and oxygen atoms in total. The number of methoxy groups -OCH3 is 3. The minimum atomic E-state index is -0.221. The molecule has 8 heterocycles. The van der Waals surface area contributed by atoms with E-state index in [4.69, 9.17) is 70.6 Å². The monoisotopic (exact) mass is 1250 g/mol. The molecule has 3 saturated heterocycles. The molecule has 3 fully saturated rings. The molecule has 81 heavy (non-hydrogen) atoms. The second-order valence-corrected chi connectivity index (χ2v) is 21.4. The van der Waals surface area contributed by atoms with E-state index in [0.717, 1.165) is 85.9 Å². The van der Waals surface area contributed by atoms with Crippen molar-refractivity contribution in [2.45, 2.75) is 59.0 Å². The summed E-state index contributed by atoms with van der Waals surface area (Å²) < 4.78 is 19.2. The molecule has 3 aliphatic rings. The normalized spacial score (nSPS) is 16.5. The molecule has 3 atom stereocenters. The average Bonchev–Trinajstić information content (AvgIpc) is 4.35. The van der Waals surface area contributed by atoms with Crippen molar-refractivity contribution >= 4 is 104 Å². The fourth-order valence-corrected chi connectivity index (χ4v) is 10.6. The van der Waals surface area contributed by atoms with Gasteiger partial charge < -0.3 is 55.7 Å². The lowest BCUT2D eigenvalue weighted by atomic mass is 10.0. The number of ketones is 1. The van der Waals surface area contributed by atoms with Gasteiger partial charge in [-0.2, -0.15) is 15.0 Å². The van der Waals surface area contributed by atoms with Gasteiger partial charge in [0.15, 0.2) is 5.78 Å². The summed E-state index contributed by atoms with van der Waals surface area (Å²) in [4.78, 5) is 44.9. The lowest BCUT2D eigenvalue weighted by Crippen LogP contribution is -2.26. The number of fused-ring (bicyclic) bond motifs is 2. The van der Waals surface area contributed by atoms with Crippen LogP contribution in [0.5, 0.6) is 17.2 Å². The fraction of sp³-hybridized carbons (Fsp3) is 0.375. The number of halogens is 5. The number of rotatable bonds is 13. The van der Waals surface area contributed by atoms with Gasteiger partial charge in [0.25, 0.3) is 0 Å². The minimum Gasteiger partial charge on any atom is -0.495 e. The number of aliphatic hydroxyl groups is 3. The molecule has 0 radical (unpaired) electrons. The van der Waals surface area contributed by atoms with Crippen LogP contribution in [0.3, 0.4) is 0 Å². The Morgan fingerprint density at radius 1 is 0.630 bits per heavy atom. The zero-order valence-electron chi connectivity index (χ0n) is 45.5. The molecule has 25 heteroatoms. The highest BCUT2D eigenvalue weighted by atomic mass is 79.9. The van der Waals surface area contributed by atoms with E-state index in [1.807, 2.05) is 51.8 Å². The number of alkyl halides is 1. The van der Waals surface area contributed by atoms with Gasteiger partial charge in [-0.1, -0.05) is 64.6 Å². The highest BCUT2D eigenvalue weighted by Gasteiger charge is 2.24. The van der Waals surface area contributed by atoms with Gasteiger partial charge >= 0.3 is 0 Å². The van der Waals surface area contributed by atoms with Crippen LogP contribution in [-0.2, 0) is 19.8 Å². The number of nitrogens with two attached hydrogens (primary N) is 2. The summed E-state index contributed by atoms with van der Waals surface area (Å²) in [5.41, 5.74) is 16.8. The zero-order chi connectivity index (χ0) is 57.2. The van der Waals surface area contributed by atoms with Crippen molar-refractivity contribution < 1.29 is 34.3 Å². The largest absolute Gasteiger partial charge is 0.495 e. The van der Waals surface area contributed by atoms with Crippen LogP contribution in [-0.4, -0.2) is 132 Å². The Kier molecular flexibility index (Phi) is 22.0. The van der Waals surface area contributed by atoms with Crippen LogP contribution < -0.4 is 40.4 Å². The molecule has 3 aromatic carbocycles. The molecule has 0 aliphatic carbocycles. The maximum atomic E-state index is 11.5. The lowest BCUT2D eigenvalue weighted by Gasteiger charge is -2.16. The fourth-order valence-electron chi connectivity index (χ4n) is 9.62. The number of benzene rings is 3. The van der Waals surface area contributed by atoms with E-state index in [2.05, 4.69) is 69.4 Å². The van der Waals surface area contributed by atoms with E-state index in [1.54, 1.807) is 50.7 Å². The molecule has 5 aromatic heterocycles.